The van der Waals surface area contributed by atoms with Crippen molar-refractivity contribution >= 4 is 17.5 Å². The van der Waals surface area contributed by atoms with E-state index in [9.17, 15) is 4.79 Å². The van der Waals surface area contributed by atoms with Crippen LogP contribution >= 0.6 is 11.6 Å². The normalized spacial score (nSPS) is 28.0. The number of nitrogens with one attached hydrogen (secondary N) is 1. The van der Waals surface area contributed by atoms with Crippen LogP contribution in [-0.4, -0.2) is 36.6 Å². The summed E-state index contributed by atoms with van der Waals surface area (Å²) in [6, 6.07) is 5.62. The minimum absolute atomic E-state index is 0.0500. The number of fused-ring (bicyclic) bond motifs is 1. The van der Waals surface area contributed by atoms with Crippen LogP contribution in [-0.2, 0) is 9.53 Å². The number of rotatable bonds is 1. The summed E-state index contributed by atoms with van der Waals surface area (Å²) in [7, 11) is 0. The first-order chi connectivity index (χ1) is 8.66. The Morgan fingerprint density at radius 1 is 1.50 bits per heavy atom. The monoisotopic (exact) mass is 266 g/mol. The minimum atomic E-state index is -0.154. The maximum absolute atomic E-state index is 11.9. The van der Waals surface area contributed by atoms with Gasteiger partial charge >= 0.3 is 0 Å². The van der Waals surface area contributed by atoms with Crippen LogP contribution in [0, 0.1) is 6.92 Å². The Labute approximate surface area is 111 Å². The second-order valence-corrected chi connectivity index (χ2v) is 5.18. The smallest absolute Gasteiger partial charge is 0.241 e. The molecule has 3 rings (SSSR count). The van der Waals surface area contributed by atoms with E-state index in [2.05, 4.69) is 10.2 Å². The fourth-order valence-corrected chi connectivity index (χ4v) is 2.89. The Morgan fingerprint density at radius 2 is 2.33 bits per heavy atom. The van der Waals surface area contributed by atoms with Crippen LogP contribution < -0.4 is 5.32 Å². The molecule has 0 aliphatic carbocycles. The van der Waals surface area contributed by atoms with Gasteiger partial charge in [0, 0.05) is 11.6 Å². The van der Waals surface area contributed by atoms with Crippen LogP contribution in [0.1, 0.15) is 17.3 Å². The van der Waals surface area contributed by atoms with Crippen molar-refractivity contribution in [1.29, 1.82) is 0 Å². The molecule has 2 heterocycles. The van der Waals surface area contributed by atoms with Crippen LogP contribution in [0.2, 0.25) is 5.02 Å². The van der Waals surface area contributed by atoms with E-state index in [0.29, 0.717) is 13.2 Å². The molecule has 0 aromatic heterocycles. The topological polar surface area (TPSA) is 41.6 Å². The molecule has 0 unspecified atom stereocenters. The van der Waals surface area contributed by atoms with Crippen LogP contribution in [0.15, 0.2) is 18.2 Å². The number of hydrogen-bond donors (Lipinski definition) is 1. The van der Waals surface area contributed by atoms with Crippen molar-refractivity contribution in [2.75, 3.05) is 19.8 Å². The summed E-state index contributed by atoms with van der Waals surface area (Å²) in [5.74, 6) is 0.0500. The van der Waals surface area contributed by atoms with Gasteiger partial charge in [-0.25, -0.2) is 0 Å². The lowest BCUT2D eigenvalue weighted by atomic mass is 10.1. The van der Waals surface area contributed by atoms with E-state index in [1.807, 2.05) is 25.1 Å². The molecule has 2 saturated heterocycles. The Kier molecular flexibility index (Phi) is 3.01. The van der Waals surface area contributed by atoms with Crippen LogP contribution in [0.5, 0.6) is 0 Å². The molecule has 4 nitrogen and oxygen atoms in total. The largest absolute Gasteiger partial charge is 0.378 e. The molecule has 1 amide bonds. The number of benzene rings is 1. The van der Waals surface area contributed by atoms with Gasteiger partial charge in [-0.2, -0.15) is 0 Å². The lowest BCUT2D eigenvalue weighted by Gasteiger charge is -2.32. The lowest BCUT2D eigenvalue weighted by Crippen LogP contribution is -2.44. The molecule has 1 N–H and O–H groups in total. The van der Waals surface area contributed by atoms with Gasteiger partial charge in [0.1, 0.15) is 12.2 Å². The summed E-state index contributed by atoms with van der Waals surface area (Å²) in [5.41, 5.74) is 2.21. The van der Waals surface area contributed by atoms with Crippen molar-refractivity contribution in [2.24, 2.45) is 0 Å². The van der Waals surface area contributed by atoms with Crippen molar-refractivity contribution in [3.63, 3.8) is 0 Å². The van der Waals surface area contributed by atoms with E-state index in [1.54, 1.807) is 0 Å². The van der Waals surface area contributed by atoms with Gasteiger partial charge in [0.2, 0.25) is 5.91 Å². The van der Waals surface area contributed by atoms with Crippen LogP contribution in [0.25, 0.3) is 0 Å². The molecule has 1 aromatic carbocycles. The van der Waals surface area contributed by atoms with Crippen molar-refractivity contribution in [3.8, 4) is 0 Å². The Bertz CT molecular complexity index is 492. The number of morpholine rings is 1. The van der Waals surface area contributed by atoms with Gasteiger partial charge < -0.3 is 10.1 Å². The Balaban J connectivity index is 1.94. The number of aryl methyl sites for hydroxylation is 1. The molecule has 2 aliphatic rings. The highest BCUT2D eigenvalue weighted by molar-refractivity contribution is 6.30. The molecule has 2 atom stereocenters. The second kappa shape index (κ2) is 4.53. The second-order valence-electron chi connectivity index (χ2n) is 4.74. The van der Waals surface area contributed by atoms with Crippen LogP contribution in [0.4, 0.5) is 0 Å². The zero-order valence-corrected chi connectivity index (χ0v) is 10.9. The molecule has 2 aliphatic heterocycles. The number of halogens is 1. The fraction of sp³-hybridized carbons (Fsp3) is 0.462. The number of nitrogens with zero attached hydrogens (tertiary/aromatic N) is 1. The molecular formula is C13H15ClN2O2. The molecule has 96 valence electrons. The number of carbonyl (C=O) groups excluding carboxylic acids is 1. The summed E-state index contributed by atoms with van der Waals surface area (Å²) in [6.07, 6.45) is -0.0522. The van der Waals surface area contributed by atoms with E-state index in [1.165, 1.54) is 0 Å². The highest BCUT2D eigenvalue weighted by Gasteiger charge is 2.42. The molecular weight excluding hydrogens is 252 g/mol. The summed E-state index contributed by atoms with van der Waals surface area (Å²) in [5, 5.41) is 3.76. The molecule has 0 saturated carbocycles. The van der Waals surface area contributed by atoms with E-state index in [0.717, 1.165) is 22.7 Å². The average Bonchev–Trinajstić information content (AvgIpc) is 2.68. The third-order valence-corrected chi connectivity index (χ3v) is 3.84. The predicted octanol–water partition coefficient (Wildman–Crippen LogP) is 1.48. The first kappa shape index (κ1) is 12.0. The summed E-state index contributed by atoms with van der Waals surface area (Å²) < 4.78 is 5.36. The predicted molar refractivity (Wildman–Crippen MR) is 68.4 cm³/mol. The summed E-state index contributed by atoms with van der Waals surface area (Å²) in [4.78, 5) is 14.1. The van der Waals surface area contributed by atoms with E-state index in [4.69, 9.17) is 16.3 Å². The van der Waals surface area contributed by atoms with Crippen molar-refractivity contribution < 1.29 is 9.53 Å². The molecule has 5 heteroatoms. The zero-order valence-electron chi connectivity index (χ0n) is 10.1. The number of amides is 1. The maximum atomic E-state index is 11.9. The first-order valence-corrected chi connectivity index (χ1v) is 6.44. The van der Waals surface area contributed by atoms with Crippen molar-refractivity contribution in [1.82, 2.24) is 10.2 Å². The highest BCUT2D eigenvalue weighted by Crippen LogP contribution is 2.30. The van der Waals surface area contributed by atoms with Gasteiger partial charge in [-0.3, -0.25) is 9.69 Å². The van der Waals surface area contributed by atoms with Gasteiger partial charge in [0.15, 0.2) is 0 Å². The highest BCUT2D eigenvalue weighted by atomic mass is 35.5. The Morgan fingerprint density at radius 3 is 3.11 bits per heavy atom. The fourth-order valence-electron chi connectivity index (χ4n) is 2.67. The quantitative estimate of drug-likeness (QED) is 0.837. The minimum Gasteiger partial charge on any atom is -0.378 e. The number of hydrogen-bond acceptors (Lipinski definition) is 3. The summed E-state index contributed by atoms with van der Waals surface area (Å²) in [6.45, 7) is 3.95. The third-order valence-electron chi connectivity index (χ3n) is 3.61. The molecule has 0 bridgehead atoms. The Hall–Kier alpha value is -1.10. The lowest BCUT2D eigenvalue weighted by molar-refractivity contribution is -0.125. The number of carbonyl (C=O) groups is 1. The van der Waals surface area contributed by atoms with E-state index >= 15 is 0 Å². The van der Waals surface area contributed by atoms with Gasteiger partial charge in [0.25, 0.3) is 0 Å². The average molecular weight is 267 g/mol. The van der Waals surface area contributed by atoms with E-state index < -0.39 is 0 Å². The zero-order chi connectivity index (χ0) is 12.7. The first-order valence-electron chi connectivity index (χ1n) is 6.07. The van der Waals surface area contributed by atoms with E-state index in [-0.39, 0.29) is 18.1 Å². The standard InChI is InChI=1S/C13H15ClN2O2/c1-8-6-9(14)2-3-10(8)12-15-13(17)11-7-18-5-4-16(11)12/h2-3,6,11-12H,4-5,7H2,1H3,(H,15,17)/t11-,12-/m1/s1. The van der Waals surface area contributed by atoms with Gasteiger partial charge in [-0.1, -0.05) is 17.7 Å². The third kappa shape index (κ3) is 1.90. The summed E-state index contributed by atoms with van der Waals surface area (Å²) >= 11 is 5.97. The van der Waals surface area contributed by atoms with Crippen molar-refractivity contribution in [2.45, 2.75) is 19.1 Å². The number of ether oxygens (including phenoxy) is 1. The molecule has 2 fully saturated rings. The maximum Gasteiger partial charge on any atom is 0.241 e. The van der Waals surface area contributed by atoms with Crippen LogP contribution in [0.3, 0.4) is 0 Å². The molecule has 1 aromatic rings. The molecule has 0 radical (unpaired) electrons. The van der Waals surface area contributed by atoms with Gasteiger partial charge in [-0.05, 0) is 30.2 Å². The van der Waals surface area contributed by atoms with Gasteiger partial charge in [-0.15, -0.1) is 0 Å². The van der Waals surface area contributed by atoms with Gasteiger partial charge in [0.05, 0.1) is 13.2 Å². The molecule has 18 heavy (non-hydrogen) atoms. The van der Waals surface area contributed by atoms with Crippen molar-refractivity contribution in [3.05, 3.63) is 34.3 Å². The SMILES string of the molecule is Cc1cc(Cl)ccc1[C@@H]1NC(=O)[C@H]2COCCN21. The molecule has 0 spiro atoms.